The first-order valence-corrected chi connectivity index (χ1v) is 10.9. The van der Waals surface area contributed by atoms with Gasteiger partial charge in [0.25, 0.3) is 0 Å². The van der Waals surface area contributed by atoms with E-state index < -0.39 is 11.9 Å². The number of nitrogens with one attached hydrogen (secondary N) is 1. The number of pyridine rings is 1. The van der Waals surface area contributed by atoms with Crippen LogP contribution in [0, 0.1) is 11.9 Å². The predicted molar refractivity (Wildman–Crippen MR) is 127 cm³/mol. The van der Waals surface area contributed by atoms with Gasteiger partial charge in [-0.3, -0.25) is 10.1 Å². The summed E-state index contributed by atoms with van der Waals surface area (Å²) in [6.45, 7) is 0. The average molecular weight is 460 g/mol. The first-order chi connectivity index (χ1) is 16.0. The van der Waals surface area contributed by atoms with E-state index in [-0.39, 0.29) is 0 Å². The van der Waals surface area contributed by atoms with Gasteiger partial charge in [-0.05, 0) is 70.9 Å². The second-order valence-corrected chi connectivity index (χ2v) is 8.39. The van der Waals surface area contributed by atoms with Crippen molar-refractivity contribution in [2.75, 3.05) is 0 Å². The van der Waals surface area contributed by atoms with E-state index in [2.05, 4.69) is 15.2 Å². The molecule has 4 aromatic rings. The summed E-state index contributed by atoms with van der Waals surface area (Å²) in [5.74, 6) is -1.22. The summed E-state index contributed by atoms with van der Waals surface area (Å²) in [5, 5.41) is 16.3. The molecule has 2 heterocycles. The van der Waals surface area contributed by atoms with Gasteiger partial charge in [0.2, 0.25) is 5.95 Å². The van der Waals surface area contributed by atoms with Gasteiger partial charge in [0.15, 0.2) is 0 Å². The molecule has 5 rings (SSSR count). The normalized spacial score (nSPS) is 14.6. The molecule has 1 aliphatic rings. The lowest BCUT2D eigenvalue weighted by Crippen LogP contribution is -1.99. The fourth-order valence-corrected chi connectivity index (χ4v) is 4.29. The summed E-state index contributed by atoms with van der Waals surface area (Å²) in [6, 6.07) is 15.1. The fourth-order valence-electron chi connectivity index (χ4n) is 4.07. The lowest BCUT2D eigenvalue weighted by Gasteiger charge is -2.18. The van der Waals surface area contributed by atoms with Crippen LogP contribution in [0.2, 0.25) is 5.02 Å². The lowest BCUT2D eigenvalue weighted by atomic mass is 9.86. The number of aromatic nitrogens is 3. The summed E-state index contributed by atoms with van der Waals surface area (Å²) in [5.41, 5.74) is 6.14. The molecule has 2 aromatic heterocycles. The molecule has 0 spiro atoms. The minimum atomic E-state index is -1.00. The highest BCUT2D eigenvalue weighted by atomic mass is 35.5. The molecule has 5 nitrogen and oxygen atoms in total. The third-order valence-electron chi connectivity index (χ3n) is 5.74. The molecule has 7 heteroatoms. The van der Waals surface area contributed by atoms with E-state index >= 15 is 0 Å². The van der Waals surface area contributed by atoms with Gasteiger partial charge in [-0.2, -0.15) is 4.39 Å². The van der Waals surface area contributed by atoms with Gasteiger partial charge in [0.1, 0.15) is 0 Å². The molecular formula is C26H19ClFN3O2. The predicted octanol–water partition coefficient (Wildman–Crippen LogP) is 6.22. The van der Waals surface area contributed by atoms with Crippen LogP contribution in [0.25, 0.3) is 28.1 Å². The second-order valence-electron chi connectivity index (χ2n) is 7.99. The zero-order chi connectivity index (χ0) is 22.9. The molecule has 0 aliphatic heterocycles. The van der Waals surface area contributed by atoms with Crippen molar-refractivity contribution in [3.05, 3.63) is 100 Å². The highest BCUT2D eigenvalue weighted by Crippen LogP contribution is 2.49. The molecule has 0 unspecified atom stereocenters. The number of allylic oxidation sites excluding steroid dienone is 1. The molecule has 1 saturated carbocycles. The van der Waals surface area contributed by atoms with Crippen LogP contribution in [0.1, 0.15) is 35.1 Å². The Labute approximate surface area is 194 Å². The molecule has 0 saturated heterocycles. The maximum Gasteiger partial charge on any atom is 0.328 e. The Morgan fingerprint density at radius 2 is 1.88 bits per heavy atom. The second kappa shape index (κ2) is 8.64. The average Bonchev–Trinajstić information content (AvgIpc) is 3.59. The van der Waals surface area contributed by atoms with Gasteiger partial charge in [-0.15, -0.1) is 5.10 Å². The molecule has 1 aliphatic carbocycles. The van der Waals surface area contributed by atoms with Crippen molar-refractivity contribution >= 4 is 45.7 Å². The number of fused-ring (bicyclic) bond motifs is 1. The number of hydrogen-bond donors (Lipinski definition) is 2. The fraction of sp³-hybridized carbons (Fsp3) is 0.115. The molecule has 2 N–H and O–H groups in total. The maximum atomic E-state index is 14.3. The Kier molecular flexibility index (Phi) is 5.52. The maximum absolute atomic E-state index is 14.3. The monoisotopic (exact) mass is 459 g/mol. The minimum Gasteiger partial charge on any atom is -0.478 e. The van der Waals surface area contributed by atoms with E-state index in [0.29, 0.717) is 21.8 Å². The Hall–Kier alpha value is -3.77. The molecule has 0 bridgehead atoms. The van der Waals surface area contributed by atoms with E-state index in [9.17, 15) is 9.18 Å². The standard InChI is InChI=1S/C26H19ClFN3O2/c27-21-14-29-12-11-19(21)25(17-6-7-17)24(16-4-1-15(2-5-16)3-10-23(32)33)18-8-9-22-20(13-18)26(28)31-30-22/h1-5,8-14,17H,6-7H2,(H,30,31)(H,32,33). The van der Waals surface area contributed by atoms with Crippen molar-refractivity contribution in [1.29, 1.82) is 0 Å². The number of nitrogens with zero attached hydrogens (tertiary/aromatic N) is 2. The molecule has 33 heavy (non-hydrogen) atoms. The number of halogens is 2. The lowest BCUT2D eigenvalue weighted by molar-refractivity contribution is -0.131. The SMILES string of the molecule is O=C(O)C=Cc1ccc(C(=C(c2ccncc2Cl)C2CC2)c2ccc3[nH]nc(F)c3c2)cc1. The largest absolute Gasteiger partial charge is 0.478 e. The molecule has 0 atom stereocenters. The third kappa shape index (κ3) is 4.30. The van der Waals surface area contributed by atoms with Gasteiger partial charge < -0.3 is 5.11 Å². The van der Waals surface area contributed by atoms with Gasteiger partial charge in [-0.25, -0.2) is 4.79 Å². The van der Waals surface area contributed by atoms with Crippen LogP contribution in [-0.4, -0.2) is 26.3 Å². The van der Waals surface area contributed by atoms with Crippen LogP contribution < -0.4 is 0 Å². The Bertz CT molecular complexity index is 1420. The van der Waals surface area contributed by atoms with Gasteiger partial charge in [-0.1, -0.05) is 41.9 Å². The van der Waals surface area contributed by atoms with Gasteiger partial charge in [0.05, 0.1) is 15.9 Å². The highest BCUT2D eigenvalue weighted by Gasteiger charge is 2.31. The number of carboxylic acid groups (broad SMARTS) is 1. The summed E-state index contributed by atoms with van der Waals surface area (Å²) in [4.78, 5) is 15.0. The van der Waals surface area contributed by atoms with Crippen LogP contribution in [0.15, 0.2) is 67.0 Å². The molecule has 0 radical (unpaired) electrons. The van der Waals surface area contributed by atoms with E-state index in [0.717, 1.165) is 52.3 Å². The van der Waals surface area contributed by atoms with E-state index in [4.69, 9.17) is 16.7 Å². The first kappa shape index (κ1) is 21.1. The quantitative estimate of drug-likeness (QED) is 0.335. The zero-order valence-corrected chi connectivity index (χ0v) is 18.2. The number of rotatable bonds is 6. The van der Waals surface area contributed by atoms with Crippen molar-refractivity contribution < 1.29 is 14.3 Å². The van der Waals surface area contributed by atoms with Gasteiger partial charge in [0, 0.05) is 24.0 Å². The number of carboxylic acids is 1. The molecule has 164 valence electrons. The Morgan fingerprint density at radius 1 is 1.12 bits per heavy atom. The van der Waals surface area contributed by atoms with E-state index in [1.165, 1.54) is 0 Å². The van der Waals surface area contributed by atoms with E-state index in [1.807, 2.05) is 42.5 Å². The number of H-pyrrole nitrogens is 1. The summed E-state index contributed by atoms with van der Waals surface area (Å²) < 4.78 is 14.3. The van der Waals surface area contributed by atoms with Crippen LogP contribution in [0.4, 0.5) is 4.39 Å². The molecule has 2 aromatic carbocycles. The zero-order valence-electron chi connectivity index (χ0n) is 17.4. The van der Waals surface area contributed by atoms with Crippen LogP contribution >= 0.6 is 11.6 Å². The first-order valence-electron chi connectivity index (χ1n) is 10.5. The number of hydrogen-bond acceptors (Lipinski definition) is 3. The number of carbonyl (C=O) groups is 1. The van der Waals surface area contributed by atoms with Crippen LogP contribution in [0.3, 0.4) is 0 Å². The number of benzene rings is 2. The molecular weight excluding hydrogens is 441 g/mol. The summed E-state index contributed by atoms with van der Waals surface area (Å²) >= 11 is 6.57. The van der Waals surface area contributed by atoms with Crippen molar-refractivity contribution in [2.24, 2.45) is 5.92 Å². The summed E-state index contributed by atoms with van der Waals surface area (Å²) in [7, 11) is 0. The summed E-state index contributed by atoms with van der Waals surface area (Å²) in [6.07, 6.45) is 8.09. The van der Waals surface area contributed by atoms with E-state index in [1.54, 1.807) is 24.5 Å². The van der Waals surface area contributed by atoms with Crippen LogP contribution in [-0.2, 0) is 4.79 Å². The number of aliphatic carboxylic acids is 1. The van der Waals surface area contributed by atoms with Crippen molar-refractivity contribution in [2.45, 2.75) is 12.8 Å². The van der Waals surface area contributed by atoms with Crippen molar-refractivity contribution in [3.8, 4) is 0 Å². The Morgan fingerprint density at radius 3 is 2.58 bits per heavy atom. The third-order valence-corrected chi connectivity index (χ3v) is 6.04. The Balaban J connectivity index is 1.74. The van der Waals surface area contributed by atoms with Crippen LogP contribution in [0.5, 0.6) is 0 Å². The molecule has 0 amide bonds. The van der Waals surface area contributed by atoms with Gasteiger partial charge >= 0.3 is 5.97 Å². The smallest absolute Gasteiger partial charge is 0.328 e. The topological polar surface area (TPSA) is 78.9 Å². The minimum absolute atomic E-state index is 0.330. The highest BCUT2D eigenvalue weighted by molar-refractivity contribution is 6.32. The number of aromatic amines is 1. The van der Waals surface area contributed by atoms with Crippen molar-refractivity contribution in [1.82, 2.24) is 15.2 Å². The van der Waals surface area contributed by atoms with Crippen molar-refractivity contribution in [3.63, 3.8) is 0 Å². The molecule has 1 fully saturated rings.